The van der Waals surface area contributed by atoms with E-state index in [1.165, 1.54) is 12.1 Å². The summed E-state index contributed by atoms with van der Waals surface area (Å²) in [5.74, 6) is -2.15. The van der Waals surface area contributed by atoms with E-state index < -0.39 is 24.2 Å². The number of primary amides is 1. The molecule has 0 aromatic heterocycles. The number of rotatable bonds is 4. The molecule has 3 N–H and O–H groups in total. The molecule has 5 nitrogen and oxygen atoms in total. The molecule has 0 radical (unpaired) electrons. The van der Waals surface area contributed by atoms with E-state index in [1.807, 2.05) is 5.48 Å². The van der Waals surface area contributed by atoms with Crippen LogP contribution in [0.15, 0.2) is 18.2 Å². The maximum Gasteiger partial charge on any atom is 0.277 e. The van der Waals surface area contributed by atoms with Crippen LogP contribution in [0.2, 0.25) is 0 Å². The van der Waals surface area contributed by atoms with Crippen LogP contribution in [0.25, 0.3) is 0 Å². The first kappa shape index (κ1) is 12.1. The number of hydrogen-bond donors (Lipinski definition) is 2. The molecule has 0 saturated heterocycles. The van der Waals surface area contributed by atoms with Crippen LogP contribution in [0, 0.1) is 12.7 Å². The number of aryl methyl sites for hydroxylation is 1. The van der Waals surface area contributed by atoms with Gasteiger partial charge in [-0.25, -0.2) is 9.87 Å². The van der Waals surface area contributed by atoms with Gasteiger partial charge < -0.3 is 5.73 Å². The number of nitrogens with one attached hydrogen (secondary N) is 1. The fourth-order valence-electron chi connectivity index (χ4n) is 1.03. The van der Waals surface area contributed by atoms with E-state index in [9.17, 15) is 14.0 Å². The van der Waals surface area contributed by atoms with Crippen molar-refractivity contribution in [3.63, 3.8) is 0 Å². The fraction of sp³-hybridized carbons (Fsp3) is 0.200. The van der Waals surface area contributed by atoms with E-state index in [0.717, 1.165) is 0 Å². The van der Waals surface area contributed by atoms with Gasteiger partial charge in [0.05, 0.1) is 5.56 Å². The van der Waals surface area contributed by atoms with E-state index >= 15 is 0 Å². The molecule has 0 fully saturated rings. The third kappa shape index (κ3) is 3.32. The Morgan fingerprint density at radius 1 is 1.50 bits per heavy atom. The average Bonchev–Trinajstić information content (AvgIpc) is 2.16. The van der Waals surface area contributed by atoms with Gasteiger partial charge in [0.25, 0.3) is 5.91 Å². The highest BCUT2D eigenvalue weighted by Crippen LogP contribution is 2.09. The molecule has 16 heavy (non-hydrogen) atoms. The highest BCUT2D eigenvalue weighted by atomic mass is 19.1. The quantitative estimate of drug-likeness (QED) is 0.723. The number of hydroxylamine groups is 1. The lowest BCUT2D eigenvalue weighted by atomic mass is 10.1. The number of carbonyl (C=O) groups is 2. The van der Waals surface area contributed by atoms with Gasteiger partial charge in [0.2, 0.25) is 5.91 Å². The molecule has 0 heterocycles. The van der Waals surface area contributed by atoms with Gasteiger partial charge in [-0.1, -0.05) is 6.07 Å². The standard InChI is InChI=1S/C10H11FN2O3/c1-6-2-3-7(8(11)4-6)10(15)13-16-5-9(12)14/h2-4H,5H2,1H3,(H2,12,14)(H,13,15). The first-order valence-electron chi connectivity index (χ1n) is 4.47. The van der Waals surface area contributed by atoms with Crippen LogP contribution in [-0.2, 0) is 9.63 Å². The van der Waals surface area contributed by atoms with E-state index in [-0.39, 0.29) is 5.56 Å². The minimum Gasteiger partial charge on any atom is -0.368 e. The Morgan fingerprint density at radius 2 is 2.19 bits per heavy atom. The van der Waals surface area contributed by atoms with Crippen LogP contribution >= 0.6 is 0 Å². The Hall–Kier alpha value is -1.95. The molecule has 1 rings (SSSR count). The number of nitrogens with two attached hydrogens (primary N) is 1. The lowest BCUT2D eigenvalue weighted by molar-refractivity contribution is -0.124. The predicted octanol–water partition coefficient (Wildman–Crippen LogP) is 0.281. The Kier molecular flexibility index (Phi) is 3.96. The van der Waals surface area contributed by atoms with Crippen molar-refractivity contribution < 1.29 is 18.8 Å². The summed E-state index contributed by atoms with van der Waals surface area (Å²) in [5.41, 5.74) is 7.23. The Morgan fingerprint density at radius 3 is 2.75 bits per heavy atom. The van der Waals surface area contributed by atoms with E-state index in [0.29, 0.717) is 5.56 Å². The lowest BCUT2D eigenvalue weighted by Gasteiger charge is -2.05. The van der Waals surface area contributed by atoms with Crippen molar-refractivity contribution in [2.45, 2.75) is 6.92 Å². The number of benzene rings is 1. The topological polar surface area (TPSA) is 81.4 Å². The molecule has 6 heteroatoms. The van der Waals surface area contributed by atoms with Gasteiger partial charge in [-0.05, 0) is 24.6 Å². The normalized spacial score (nSPS) is 9.88. The molecule has 0 saturated carbocycles. The Balaban J connectivity index is 2.63. The molecule has 0 unspecified atom stereocenters. The summed E-state index contributed by atoms with van der Waals surface area (Å²) in [6, 6.07) is 4.14. The van der Waals surface area contributed by atoms with E-state index in [2.05, 4.69) is 4.84 Å². The molecule has 0 aliphatic heterocycles. The van der Waals surface area contributed by atoms with Crippen molar-refractivity contribution in [3.8, 4) is 0 Å². The molecular weight excluding hydrogens is 215 g/mol. The summed E-state index contributed by atoms with van der Waals surface area (Å²) in [6.45, 7) is 1.24. The second-order valence-corrected chi connectivity index (χ2v) is 3.17. The highest BCUT2D eigenvalue weighted by molar-refractivity contribution is 5.93. The molecule has 0 bridgehead atoms. The van der Waals surface area contributed by atoms with Crippen molar-refractivity contribution in [3.05, 3.63) is 35.1 Å². The molecular formula is C10H11FN2O3. The molecule has 86 valence electrons. The first-order valence-corrected chi connectivity index (χ1v) is 4.47. The van der Waals surface area contributed by atoms with E-state index in [4.69, 9.17) is 5.73 Å². The van der Waals surface area contributed by atoms with Crippen LogP contribution < -0.4 is 11.2 Å². The third-order valence-electron chi connectivity index (χ3n) is 1.75. The van der Waals surface area contributed by atoms with Crippen molar-refractivity contribution in [1.29, 1.82) is 0 Å². The SMILES string of the molecule is Cc1ccc(C(=O)NOCC(N)=O)c(F)c1. The molecule has 2 amide bonds. The van der Waals surface area contributed by atoms with Crippen LogP contribution in [0.3, 0.4) is 0 Å². The van der Waals surface area contributed by atoms with Gasteiger partial charge in [-0.2, -0.15) is 0 Å². The van der Waals surface area contributed by atoms with Crippen molar-refractivity contribution in [1.82, 2.24) is 5.48 Å². The average molecular weight is 226 g/mol. The molecule has 0 aliphatic rings. The van der Waals surface area contributed by atoms with Gasteiger partial charge in [-0.3, -0.25) is 14.4 Å². The summed E-state index contributed by atoms with van der Waals surface area (Å²) in [7, 11) is 0. The molecule has 0 atom stereocenters. The molecule has 1 aromatic rings. The van der Waals surface area contributed by atoms with Gasteiger partial charge in [0.1, 0.15) is 5.82 Å². The zero-order valence-electron chi connectivity index (χ0n) is 8.62. The number of carbonyl (C=O) groups excluding carboxylic acids is 2. The van der Waals surface area contributed by atoms with Crippen molar-refractivity contribution in [2.24, 2.45) is 5.73 Å². The summed E-state index contributed by atoms with van der Waals surface area (Å²) < 4.78 is 13.3. The number of halogens is 1. The largest absolute Gasteiger partial charge is 0.368 e. The monoisotopic (exact) mass is 226 g/mol. The number of hydrogen-bond acceptors (Lipinski definition) is 3. The van der Waals surface area contributed by atoms with Crippen LogP contribution in [0.1, 0.15) is 15.9 Å². The van der Waals surface area contributed by atoms with Gasteiger partial charge in [0, 0.05) is 0 Å². The smallest absolute Gasteiger partial charge is 0.277 e. The van der Waals surface area contributed by atoms with Crippen LogP contribution in [0.5, 0.6) is 0 Å². The highest BCUT2D eigenvalue weighted by Gasteiger charge is 2.11. The van der Waals surface area contributed by atoms with Gasteiger partial charge >= 0.3 is 0 Å². The lowest BCUT2D eigenvalue weighted by Crippen LogP contribution is -2.29. The van der Waals surface area contributed by atoms with E-state index in [1.54, 1.807) is 13.0 Å². The van der Waals surface area contributed by atoms with Crippen molar-refractivity contribution >= 4 is 11.8 Å². The summed E-state index contributed by atoms with van der Waals surface area (Å²) in [4.78, 5) is 26.1. The molecule has 0 aliphatic carbocycles. The minimum absolute atomic E-state index is 0.157. The van der Waals surface area contributed by atoms with Crippen LogP contribution in [0.4, 0.5) is 4.39 Å². The molecule has 0 spiro atoms. The fourth-order valence-corrected chi connectivity index (χ4v) is 1.03. The van der Waals surface area contributed by atoms with Gasteiger partial charge in [0.15, 0.2) is 6.61 Å². The number of amides is 2. The summed E-state index contributed by atoms with van der Waals surface area (Å²) in [5, 5.41) is 0. The van der Waals surface area contributed by atoms with Crippen LogP contribution in [-0.4, -0.2) is 18.4 Å². The Labute approximate surface area is 91.3 Å². The summed E-state index contributed by atoms with van der Waals surface area (Å²) in [6.07, 6.45) is 0. The first-order chi connectivity index (χ1) is 7.50. The predicted molar refractivity (Wildman–Crippen MR) is 53.7 cm³/mol. The third-order valence-corrected chi connectivity index (χ3v) is 1.75. The summed E-state index contributed by atoms with van der Waals surface area (Å²) >= 11 is 0. The second kappa shape index (κ2) is 5.22. The second-order valence-electron chi connectivity index (χ2n) is 3.17. The zero-order chi connectivity index (χ0) is 12.1. The Bertz CT molecular complexity index is 421. The maximum atomic E-state index is 13.3. The molecule has 1 aromatic carbocycles. The minimum atomic E-state index is -0.765. The van der Waals surface area contributed by atoms with Crippen molar-refractivity contribution in [2.75, 3.05) is 6.61 Å². The maximum absolute atomic E-state index is 13.3. The zero-order valence-corrected chi connectivity index (χ0v) is 8.62. The van der Waals surface area contributed by atoms with Gasteiger partial charge in [-0.15, -0.1) is 0 Å².